The van der Waals surface area contributed by atoms with E-state index in [-0.39, 0.29) is 5.69 Å². The summed E-state index contributed by atoms with van der Waals surface area (Å²) < 4.78 is 10.5. The van der Waals surface area contributed by atoms with Gasteiger partial charge in [-0.15, -0.1) is 11.3 Å². The summed E-state index contributed by atoms with van der Waals surface area (Å²) in [6.07, 6.45) is 1.55. The molecule has 9 heteroatoms. The number of hydrogen-bond acceptors (Lipinski definition) is 8. The predicted octanol–water partition coefficient (Wildman–Crippen LogP) is 4.71. The maximum atomic E-state index is 11.0. The lowest BCUT2D eigenvalue weighted by Crippen LogP contribution is -1.94. The number of anilines is 1. The van der Waals surface area contributed by atoms with Gasteiger partial charge in [0.2, 0.25) is 0 Å². The fraction of sp³-hybridized carbons (Fsp3) is 0.100. The second kappa shape index (κ2) is 8.86. The van der Waals surface area contributed by atoms with E-state index in [0.717, 1.165) is 0 Å². The van der Waals surface area contributed by atoms with Crippen LogP contribution in [0.5, 0.6) is 11.5 Å². The number of nitro groups is 1. The lowest BCUT2D eigenvalue weighted by atomic mass is 10.1. The molecule has 0 aliphatic heterocycles. The Morgan fingerprint density at radius 3 is 2.72 bits per heavy atom. The maximum absolute atomic E-state index is 11.0. The molecule has 0 bridgehead atoms. The van der Waals surface area contributed by atoms with Gasteiger partial charge < -0.3 is 14.8 Å². The number of ether oxygens (including phenoxy) is 2. The van der Waals surface area contributed by atoms with E-state index in [1.54, 1.807) is 56.1 Å². The van der Waals surface area contributed by atoms with Crippen LogP contribution in [0.15, 0.2) is 54.0 Å². The highest BCUT2D eigenvalue weighted by Gasteiger charge is 2.12. The van der Waals surface area contributed by atoms with Crippen LogP contribution >= 0.6 is 11.3 Å². The summed E-state index contributed by atoms with van der Waals surface area (Å²) >= 11 is 1.28. The van der Waals surface area contributed by atoms with Gasteiger partial charge in [-0.3, -0.25) is 10.1 Å². The Balaban J connectivity index is 1.83. The Hall–Kier alpha value is -3.90. The van der Waals surface area contributed by atoms with Crippen molar-refractivity contribution in [1.29, 1.82) is 5.26 Å². The first-order valence-electron chi connectivity index (χ1n) is 8.35. The lowest BCUT2D eigenvalue weighted by molar-refractivity contribution is -0.384. The molecule has 0 amide bonds. The molecule has 3 rings (SSSR count). The van der Waals surface area contributed by atoms with Gasteiger partial charge in [0.25, 0.3) is 5.69 Å². The van der Waals surface area contributed by atoms with E-state index in [4.69, 9.17) is 9.47 Å². The third kappa shape index (κ3) is 4.51. The van der Waals surface area contributed by atoms with Crippen LogP contribution in [0.4, 0.5) is 11.4 Å². The van der Waals surface area contributed by atoms with Gasteiger partial charge in [0.15, 0.2) is 11.5 Å². The average molecular weight is 408 g/mol. The van der Waals surface area contributed by atoms with Crippen LogP contribution in [0.1, 0.15) is 5.01 Å². The summed E-state index contributed by atoms with van der Waals surface area (Å²) in [6, 6.07) is 13.6. The average Bonchev–Trinajstić information content (AvgIpc) is 3.24. The SMILES string of the molecule is COc1ccc(NC=C(C#N)c2nc(-c3cccc([N+](=O)[O-])c3)cs2)cc1OC. The number of benzene rings is 2. The number of allylic oxidation sites excluding steroid dienone is 1. The van der Waals surface area contributed by atoms with Crippen molar-refractivity contribution in [2.75, 3.05) is 19.5 Å². The van der Waals surface area contributed by atoms with Crippen LogP contribution in [-0.4, -0.2) is 24.1 Å². The second-order valence-electron chi connectivity index (χ2n) is 5.73. The van der Waals surface area contributed by atoms with Gasteiger partial charge in [0, 0.05) is 41.0 Å². The van der Waals surface area contributed by atoms with E-state index in [9.17, 15) is 15.4 Å². The standard InChI is InChI=1S/C20H16N4O4S/c1-27-18-7-6-15(9-19(18)28-2)22-11-14(10-21)20-23-17(12-29-20)13-4-3-5-16(8-13)24(25)26/h3-9,11-12,22H,1-2H3. The molecule has 1 heterocycles. The van der Waals surface area contributed by atoms with Gasteiger partial charge in [-0.05, 0) is 12.1 Å². The molecule has 0 saturated heterocycles. The number of methoxy groups -OCH3 is 2. The van der Waals surface area contributed by atoms with Crippen LogP contribution < -0.4 is 14.8 Å². The van der Waals surface area contributed by atoms with E-state index in [0.29, 0.717) is 39.0 Å². The smallest absolute Gasteiger partial charge is 0.270 e. The third-order valence-electron chi connectivity index (χ3n) is 3.97. The fourth-order valence-corrected chi connectivity index (χ4v) is 3.33. The zero-order valence-electron chi connectivity index (χ0n) is 15.6. The van der Waals surface area contributed by atoms with Crippen LogP contribution in [0.2, 0.25) is 0 Å². The molecule has 0 spiro atoms. The van der Waals surface area contributed by atoms with Gasteiger partial charge in [-0.25, -0.2) is 4.98 Å². The Labute approximate surface area is 170 Å². The summed E-state index contributed by atoms with van der Waals surface area (Å²) in [7, 11) is 3.10. The van der Waals surface area contributed by atoms with Crippen molar-refractivity contribution in [3.8, 4) is 28.8 Å². The van der Waals surface area contributed by atoms with Gasteiger partial charge in [-0.2, -0.15) is 5.26 Å². The molecule has 3 aromatic rings. The molecule has 29 heavy (non-hydrogen) atoms. The number of nitriles is 1. The number of nitrogens with one attached hydrogen (secondary N) is 1. The first-order chi connectivity index (χ1) is 14.0. The molecule has 146 valence electrons. The Morgan fingerprint density at radius 2 is 2.03 bits per heavy atom. The number of aromatic nitrogens is 1. The highest BCUT2D eigenvalue weighted by atomic mass is 32.1. The van der Waals surface area contributed by atoms with Crippen molar-refractivity contribution in [3.05, 3.63) is 69.2 Å². The highest BCUT2D eigenvalue weighted by Crippen LogP contribution is 2.31. The number of rotatable bonds is 7. The summed E-state index contributed by atoms with van der Waals surface area (Å²) in [5, 5.41) is 25.8. The molecule has 1 aromatic heterocycles. The molecule has 0 aliphatic carbocycles. The summed E-state index contributed by atoms with van der Waals surface area (Å²) in [6.45, 7) is 0. The minimum Gasteiger partial charge on any atom is -0.493 e. The predicted molar refractivity (Wildman–Crippen MR) is 111 cm³/mol. The first kappa shape index (κ1) is 19.9. The molecular formula is C20H16N4O4S. The third-order valence-corrected chi connectivity index (χ3v) is 4.85. The van der Waals surface area contributed by atoms with E-state index in [1.807, 2.05) is 0 Å². The number of nitro benzene ring substituents is 1. The van der Waals surface area contributed by atoms with Crippen LogP contribution in [-0.2, 0) is 0 Å². The topological polar surface area (TPSA) is 110 Å². The van der Waals surface area contributed by atoms with Gasteiger partial charge in [0.05, 0.1) is 24.8 Å². The molecular weight excluding hydrogens is 392 g/mol. The monoisotopic (exact) mass is 408 g/mol. The fourth-order valence-electron chi connectivity index (χ4n) is 2.53. The van der Waals surface area contributed by atoms with Crippen molar-refractivity contribution in [3.63, 3.8) is 0 Å². The zero-order chi connectivity index (χ0) is 20.8. The van der Waals surface area contributed by atoms with Gasteiger partial charge in [-0.1, -0.05) is 12.1 Å². The molecule has 0 saturated carbocycles. The highest BCUT2D eigenvalue weighted by molar-refractivity contribution is 7.11. The van der Waals surface area contributed by atoms with Gasteiger partial charge in [0.1, 0.15) is 16.6 Å². The normalized spacial score (nSPS) is 10.9. The van der Waals surface area contributed by atoms with Gasteiger partial charge >= 0.3 is 0 Å². The van der Waals surface area contributed by atoms with Crippen molar-refractivity contribution in [1.82, 2.24) is 4.98 Å². The molecule has 0 atom stereocenters. The molecule has 2 aromatic carbocycles. The number of non-ortho nitro benzene ring substituents is 1. The van der Waals surface area contributed by atoms with E-state index >= 15 is 0 Å². The lowest BCUT2D eigenvalue weighted by Gasteiger charge is -2.09. The van der Waals surface area contributed by atoms with E-state index in [1.165, 1.54) is 23.5 Å². The molecule has 0 aliphatic rings. The molecule has 1 N–H and O–H groups in total. The molecule has 0 fully saturated rings. The number of hydrogen-bond donors (Lipinski definition) is 1. The number of thiazole rings is 1. The number of nitrogens with zero attached hydrogens (tertiary/aromatic N) is 3. The van der Waals surface area contributed by atoms with E-state index < -0.39 is 4.92 Å². The van der Waals surface area contributed by atoms with Crippen molar-refractivity contribution in [2.45, 2.75) is 0 Å². The molecule has 8 nitrogen and oxygen atoms in total. The summed E-state index contributed by atoms with van der Waals surface area (Å²) in [5.74, 6) is 1.16. The van der Waals surface area contributed by atoms with Crippen molar-refractivity contribution >= 4 is 28.3 Å². The Kier molecular flexibility index (Phi) is 6.06. The zero-order valence-corrected chi connectivity index (χ0v) is 16.4. The largest absolute Gasteiger partial charge is 0.493 e. The minimum absolute atomic E-state index is 0.0109. The Morgan fingerprint density at radius 1 is 1.24 bits per heavy atom. The van der Waals surface area contributed by atoms with E-state index in [2.05, 4.69) is 16.4 Å². The summed E-state index contributed by atoms with van der Waals surface area (Å²) in [4.78, 5) is 15.0. The quantitative estimate of drug-likeness (QED) is 0.342. The van der Waals surface area contributed by atoms with Crippen LogP contribution in [0, 0.1) is 21.4 Å². The van der Waals surface area contributed by atoms with Crippen LogP contribution in [0.3, 0.4) is 0 Å². The molecule has 0 unspecified atom stereocenters. The Bertz CT molecular complexity index is 1120. The van der Waals surface area contributed by atoms with Crippen molar-refractivity contribution in [2.24, 2.45) is 0 Å². The second-order valence-corrected chi connectivity index (χ2v) is 6.59. The van der Waals surface area contributed by atoms with Crippen molar-refractivity contribution < 1.29 is 14.4 Å². The first-order valence-corrected chi connectivity index (χ1v) is 9.23. The summed E-state index contributed by atoms with van der Waals surface area (Å²) in [5.41, 5.74) is 2.23. The van der Waals surface area contributed by atoms with Crippen LogP contribution in [0.25, 0.3) is 16.8 Å². The minimum atomic E-state index is -0.454. The molecule has 0 radical (unpaired) electrons. The maximum Gasteiger partial charge on any atom is 0.270 e.